The largest absolute Gasteiger partial charge is 0.567 e. The van der Waals surface area contributed by atoms with Crippen molar-refractivity contribution in [2.24, 2.45) is 0 Å². The van der Waals surface area contributed by atoms with E-state index in [2.05, 4.69) is 4.52 Å². The molecule has 4 atom stereocenters. The minimum atomic E-state index is -4.64. The molecule has 0 aliphatic rings. The highest BCUT2D eigenvalue weighted by Crippen LogP contribution is 2.46. The number of carboxylic acid groups (broad SMARTS) is 1. The van der Waals surface area contributed by atoms with Gasteiger partial charge < -0.3 is 25.5 Å². The van der Waals surface area contributed by atoms with E-state index in [4.69, 9.17) is 24.9 Å². The Balaban J connectivity index is 4.65. The van der Waals surface area contributed by atoms with Gasteiger partial charge >= 0.3 is 14.1 Å². The van der Waals surface area contributed by atoms with Crippen molar-refractivity contribution in [1.29, 1.82) is 0 Å². The first-order valence-electron chi connectivity index (χ1n) is 4.60. The van der Waals surface area contributed by atoms with E-state index in [0.717, 1.165) is 6.92 Å². The van der Waals surface area contributed by atoms with Gasteiger partial charge in [0.15, 0.2) is 6.10 Å². The lowest BCUT2D eigenvalue weighted by Gasteiger charge is -2.34. The zero-order chi connectivity index (χ0) is 14.7. The lowest BCUT2D eigenvalue weighted by atomic mass is 9.89. The Morgan fingerprint density at radius 1 is 1.28 bits per heavy atom. The summed E-state index contributed by atoms with van der Waals surface area (Å²) in [6, 6.07) is 0. The zero-order valence-corrected chi connectivity index (χ0v) is 10.2. The lowest BCUT2D eigenvalue weighted by Crippen LogP contribution is -2.57. The van der Waals surface area contributed by atoms with Gasteiger partial charge in [0.2, 0.25) is 0 Å². The average Bonchev–Trinajstić information content (AvgIpc) is 2.22. The second-order valence-corrected chi connectivity index (χ2v) is 5.06. The van der Waals surface area contributed by atoms with Crippen LogP contribution in [0.25, 0.3) is 0 Å². The van der Waals surface area contributed by atoms with Gasteiger partial charge in [0.05, 0.1) is 0 Å². The van der Waals surface area contributed by atoms with Crippen LogP contribution < -0.4 is 0 Å². The van der Waals surface area contributed by atoms with Crippen LogP contribution in [0, 0.1) is 0 Å². The molecule has 0 rings (SSSR count). The minimum absolute atomic E-state index is 0.796. The number of aliphatic hydroxyl groups excluding tert-OH is 3. The van der Waals surface area contributed by atoms with Gasteiger partial charge in [0.1, 0.15) is 24.4 Å². The van der Waals surface area contributed by atoms with Crippen molar-refractivity contribution in [2.75, 3.05) is 6.61 Å². The molecule has 108 valence electrons. The highest BCUT2D eigenvalue weighted by Gasteiger charge is 2.46. The van der Waals surface area contributed by atoms with Crippen molar-refractivity contribution in [3.05, 3.63) is 0 Å². The average molecular weight is 291 g/mol. The van der Waals surface area contributed by atoms with E-state index in [1.807, 2.05) is 0 Å². The number of hydrogen-bond donors (Lipinski definition) is 8. The van der Waals surface area contributed by atoms with Crippen molar-refractivity contribution in [3.8, 4) is 0 Å². The van der Waals surface area contributed by atoms with Gasteiger partial charge in [-0.15, -0.1) is 0 Å². The molecule has 0 heterocycles. The second-order valence-electron chi connectivity index (χ2n) is 3.78. The summed E-state index contributed by atoms with van der Waals surface area (Å²) in [4.78, 5) is 35.8. The predicted molar refractivity (Wildman–Crippen MR) is 55.8 cm³/mol. The highest BCUT2D eigenvalue weighted by atomic mass is 31.2. The summed E-state index contributed by atoms with van der Waals surface area (Å²) in [5, 5.41) is 45.8. The van der Waals surface area contributed by atoms with Crippen LogP contribution in [0.3, 0.4) is 0 Å². The monoisotopic (exact) mass is 291 g/mol. The number of rotatable bonds is 7. The summed E-state index contributed by atoms with van der Waals surface area (Å²) >= 11 is 0. The normalized spacial score (nSPS) is 20.9. The summed E-state index contributed by atoms with van der Waals surface area (Å²) in [5.41, 5.74) is -2.52. The number of carbonyl (C=O) groups is 1. The fourth-order valence-electron chi connectivity index (χ4n) is 0.991. The molecule has 0 saturated heterocycles. The molecule has 11 heteroatoms. The molecule has 0 aliphatic heterocycles. The quantitative estimate of drug-likeness (QED) is 0.219. The predicted octanol–water partition coefficient (Wildman–Crippen LogP) is -3.42. The number of aliphatic hydroxyl groups is 4. The summed E-state index contributed by atoms with van der Waals surface area (Å²) in [5.74, 6) is -1.83. The van der Waals surface area contributed by atoms with Crippen LogP contribution in [0.15, 0.2) is 0 Å². The molecule has 0 radical (unpaired) electrons. The van der Waals surface area contributed by atoms with Gasteiger partial charge in [-0.1, -0.05) is 0 Å². The lowest BCUT2D eigenvalue weighted by molar-refractivity contribution is -0.189. The molecule has 0 fully saturated rings. The summed E-state index contributed by atoms with van der Waals surface area (Å²) in [7, 11) is -4.64. The zero-order valence-electron chi connectivity index (χ0n) is 9.28. The Labute approximate surface area is 102 Å². The van der Waals surface area contributed by atoms with Crippen LogP contribution in [0.5, 0.6) is 0 Å². The third-order valence-corrected chi connectivity index (χ3v) is 2.73. The third kappa shape index (κ3) is 5.06. The Morgan fingerprint density at radius 3 is 2.06 bits per heavy atom. The Morgan fingerprint density at radius 2 is 1.72 bits per heavy atom. The number of carboxylic acids is 1. The van der Waals surface area contributed by atoms with E-state index in [9.17, 15) is 20.1 Å². The number of aliphatic carboxylic acids is 1. The number of hydrogen-bond acceptors (Lipinski definition) is 9. The van der Waals surface area contributed by atoms with E-state index in [1.165, 1.54) is 0 Å². The van der Waals surface area contributed by atoms with E-state index in [-0.39, 0.29) is 0 Å². The maximum Gasteiger partial charge on any atom is 0.567 e. The molecule has 0 aliphatic carbocycles. The Kier molecular flexibility index (Phi) is 6.01. The maximum absolute atomic E-state index is 10.4. The molecular formula is C7H16O10P+. The smallest absolute Gasteiger partial charge is 0.479 e. The molecule has 0 saturated carbocycles. The summed E-state index contributed by atoms with van der Waals surface area (Å²) in [6.45, 7) is -0.211. The first kappa shape index (κ1) is 17.6. The molecule has 0 spiro atoms. The van der Waals surface area contributed by atoms with Crippen LogP contribution in [0.4, 0.5) is 0 Å². The molecule has 0 aromatic carbocycles. The van der Waals surface area contributed by atoms with E-state index < -0.39 is 44.7 Å². The van der Waals surface area contributed by atoms with E-state index in [0.29, 0.717) is 0 Å². The fraction of sp³-hybridized carbons (Fsp3) is 0.857. The maximum atomic E-state index is 10.4. The van der Waals surface area contributed by atoms with Crippen LogP contribution in [0.1, 0.15) is 6.92 Å². The van der Waals surface area contributed by atoms with Crippen molar-refractivity contribution >= 4 is 14.1 Å². The molecule has 8 N–H and O–H groups in total. The standard InChI is InChI=1S/C7H15O10P/c1-7(13,5(10)4(9)6(11)12)3(8)2-17-18(14,15)16/h3-5,8-10,13-16H,2H2,1H3/p+1. The van der Waals surface area contributed by atoms with Crippen molar-refractivity contribution in [3.63, 3.8) is 0 Å². The molecule has 0 amide bonds. The molecule has 10 nitrogen and oxygen atoms in total. The fourth-order valence-corrected chi connectivity index (χ4v) is 1.33. The molecule has 18 heavy (non-hydrogen) atoms. The van der Waals surface area contributed by atoms with Crippen LogP contribution >= 0.6 is 8.17 Å². The van der Waals surface area contributed by atoms with Gasteiger partial charge in [-0.2, -0.15) is 19.2 Å². The first-order chi connectivity index (χ1) is 7.89. The van der Waals surface area contributed by atoms with Gasteiger partial charge in [-0.05, 0) is 6.92 Å². The molecular weight excluding hydrogens is 275 g/mol. The van der Waals surface area contributed by atoms with Gasteiger partial charge in [-0.3, -0.25) is 0 Å². The molecule has 0 aromatic heterocycles. The van der Waals surface area contributed by atoms with Crippen LogP contribution in [-0.4, -0.2) is 76.7 Å². The SMILES string of the molecule is CC(O)(C(O)CO[P+](O)(O)O)C(O)C(O)C(=O)O. The summed E-state index contributed by atoms with van der Waals surface area (Å²) < 4.78 is 4.00. The Bertz CT molecular complexity index is 286. The van der Waals surface area contributed by atoms with Gasteiger partial charge in [0, 0.05) is 0 Å². The third-order valence-electron chi connectivity index (χ3n) is 2.23. The van der Waals surface area contributed by atoms with Crippen molar-refractivity contribution in [1.82, 2.24) is 0 Å². The van der Waals surface area contributed by atoms with Gasteiger partial charge in [-0.25, -0.2) is 4.79 Å². The van der Waals surface area contributed by atoms with E-state index >= 15 is 0 Å². The van der Waals surface area contributed by atoms with Crippen molar-refractivity contribution in [2.45, 2.75) is 30.8 Å². The Hall–Kier alpha value is -0.420. The molecule has 4 unspecified atom stereocenters. The second kappa shape index (κ2) is 6.15. The van der Waals surface area contributed by atoms with Crippen LogP contribution in [0.2, 0.25) is 0 Å². The highest BCUT2D eigenvalue weighted by molar-refractivity contribution is 7.53. The van der Waals surface area contributed by atoms with Crippen LogP contribution in [-0.2, 0) is 9.32 Å². The van der Waals surface area contributed by atoms with Crippen molar-refractivity contribution < 1.29 is 49.5 Å². The topological polar surface area (TPSA) is 188 Å². The van der Waals surface area contributed by atoms with E-state index in [1.54, 1.807) is 0 Å². The molecule has 0 bridgehead atoms. The summed E-state index contributed by atoms with van der Waals surface area (Å²) in [6.07, 6.45) is -6.63. The van der Waals surface area contributed by atoms with Gasteiger partial charge in [0.25, 0.3) is 0 Å². The minimum Gasteiger partial charge on any atom is -0.479 e. The molecule has 0 aromatic rings. The first-order valence-corrected chi connectivity index (χ1v) is 6.17.